The maximum Gasteiger partial charge on any atom is 0.326 e. The molecule has 1 aliphatic rings. The van der Waals surface area contributed by atoms with Crippen molar-refractivity contribution in [3.05, 3.63) is 0 Å². The Balaban J connectivity index is 2.40. The minimum atomic E-state index is -1.02. The number of carbonyl (C=O) groups excluding carboxylic acids is 2. The van der Waals surface area contributed by atoms with Crippen molar-refractivity contribution in [1.29, 1.82) is 0 Å². The molecule has 0 spiro atoms. The lowest BCUT2D eigenvalue weighted by molar-refractivity contribution is -0.142. The second-order valence-electron chi connectivity index (χ2n) is 4.52. The van der Waals surface area contributed by atoms with Crippen LogP contribution >= 0.6 is 0 Å². The lowest BCUT2D eigenvalue weighted by Gasteiger charge is -2.18. The minimum absolute atomic E-state index is 0.0330. The topological polar surface area (TPSA) is 86.7 Å². The fourth-order valence-electron chi connectivity index (χ4n) is 1.95. The molecule has 1 aliphatic heterocycles. The molecule has 102 valence electrons. The summed E-state index contributed by atoms with van der Waals surface area (Å²) in [6.45, 7) is 2.51. The molecule has 6 nitrogen and oxygen atoms in total. The Bertz CT molecular complexity index is 330. The summed E-state index contributed by atoms with van der Waals surface area (Å²) >= 11 is 0. The smallest absolute Gasteiger partial charge is 0.326 e. The maximum atomic E-state index is 11.7. The summed E-state index contributed by atoms with van der Waals surface area (Å²) in [7, 11) is 0. The van der Waals surface area contributed by atoms with E-state index in [4.69, 9.17) is 5.11 Å². The molecule has 0 aliphatic carbocycles. The summed E-state index contributed by atoms with van der Waals surface area (Å²) in [5.41, 5.74) is 0. The van der Waals surface area contributed by atoms with E-state index in [9.17, 15) is 14.4 Å². The number of rotatable bonds is 7. The second-order valence-corrected chi connectivity index (χ2v) is 4.52. The van der Waals surface area contributed by atoms with Gasteiger partial charge in [-0.15, -0.1) is 0 Å². The molecule has 0 aromatic rings. The summed E-state index contributed by atoms with van der Waals surface area (Å²) in [6.07, 6.45) is 3.30. The SMILES string of the molecule is CCCC[C@H](NC(=O)CN1CCCC1=O)C(=O)O. The highest BCUT2D eigenvalue weighted by molar-refractivity contribution is 5.88. The van der Waals surface area contributed by atoms with E-state index >= 15 is 0 Å². The molecular weight excluding hydrogens is 236 g/mol. The van der Waals surface area contributed by atoms with Gasteiger partial charge in [-0.25, -0.2) is 4.79 Å². The molecule has 0 aromatic carbocycles. The van der Waals surface area contributed by atoms with Crippen molar-refractivity contribution < 1.29 is 19.5 Å². The first-order valence-corrected chi connectivity index (χ1v) is 6.34. The largest absolute Gasteiger partial charge is 0.480 e. The second kappa shape index (κ2) is 6.98. The fourth-order valence-corrected chi connectivity index (χ4v) is 1.95. The van der Waals surface area contributed by atoms with E-state index in [1.807, 2.05) is 6.92 Å². The molecule has 0 bridgehead atoms. The third-order valence-corrected chi connectivity index (χ3v) is 2.99. The van der Waals surface area contributed by atoms with Crippen molar-refractivity contribution >= 4 is 17.8 Å². The highest BCUT2D eigenvalue weighted by atomic mass is 16.4. The monoisotopic (exact) mass is 256 g/mol. The van der Waals surface area contributed by atoms with Crippen molar-refractivity contribution in [2.24, 2.45) is 0 Å². The molecule has 1 heterocycles. The van der Waals surface area contributed by atoms with Crippen molar-refractivity contribution in [1.82, 2.24) is 10.2 Å². The Kier molecular flexibility index (Phi) is 5.61. The zero-order valence-electron chi connectivity index (χ0n) is 10.6. The van der Waals surface area contributed by atoms with Crippen LogP contribution in [-0.2, 0) is 14.4 Å². The number of carboxylic acid groups (broad SMARTS) is 1. The molecule has 1 fully saturated rings. The number of hydrogen-bond acceptors (Lipinski definition) is 3. The normalized spacial score (nSPS) is 16.7. The summed E-state index contributed by atoms with van der Waals surface area (Å²) < 4.78 is 0. The van der Waals surface area contributed by atoms with Crippen LogP contribution in [0.15, 0.2) is 0 Å². The van der Waals surface area contributed by atoms with Crippen LogP contribution in [0.4, 0.5) is 0 Å². The number of carboxylic acids is 1. The first-order valence-electron chi connectivity index (χ1n) is 6.34. The zero-order chi connectivity index (χ0) is 13.5. The highest BCUT2D eigenvalue weighted by Crippen LogP contribution is 2.08. The predicted octanol–water partition coefficient (Wildman–Crippen LogP) is 0.368. The van der Waals surface area contributed by atoms with Gasteiger partial charge in [-0.2, -0.15) is 0 Å². The minimum Gasteiger partial charge on any atom is -0.480 e. The molecule has 2 N–H and O–H groups in total. The van der Waals surface area contributed by atoms with Gasteiger partial charge < -0.3 is 15.3 Å². The Labute approximate surface area is 106 Å². The number of unbranched alkanes of at least 4 members (excludes halogenated alkanes) is 1. The average molecular weight is 256 g/mol. The average Bonchev–Trinajstić information content (AvgIpc) is 2.70. The van der Waals surface area contributed by atoms with Gasteiger partial charge in [0.15, 0.2) is 0 Å². The van der Waals surface area contributed by atoms with Crippen LogP contribution in [-0.4, -0.2) is 46.9 Å². The first-order chi connectivity index (χ1) is 8.54. The Hall–Kier alpha value is -1.59. The number of amides is 2. The summed E-state index contributed by atoms with van der Waals surface area (Å²) in [5.74, 6) is -1.45. The van der Waals surface area contributed by atoms with E-state index < -0.39 is 17.9 Å². The number of nitrogens with one attached hydrogen (secondary N) is 1. The van der Waals surface area contributed by atoms with E-state index in [0.29, 0.717) is 19.4 Å². The van der Waals surface area contributed by atoms with Crippen LogP contribution in [0.1, 0.15) is 39.0 Å². The molecule has 18 heavy (non-hydrogen) atoms. The van der Waals surface area contributed by atoms with E-state index in [2.05, 4.69) is 5.32 Å². The lowest BCUT2D eigenvalue weighted by Crippen LogP contribution is -2.45. The zero-order valence-corrected chi connectivity index (χ0v) is 10.6. The Morgan fingerprint density at radius 2 is 2.22 bits per heavy atom. The van der Waals surface area contributed by atoms with Gasteiger partial charge in [0.1, 0.15) is 6.04 Å². The maximum absolute atomic E-state index is 11.7. The Morgan fingerprint density at radius 1 is 1.50 bits per heavy atom. The van der Waals surface area contributed by atoms with Crippen molar-refractivity contribution in [2.75, 3.05) is 13.1 Å². The van der Waals surface area contributed by atoms with Crippen molar-refractivity contribution in [3.8, 4) is 0 Å². The van der Waals surface area contributed by atoms with Crippen LogP contribution < -0.4 is 5.32 Å². The fraction of sp³-hybridized carbons (Fsp3) is 0.750. The van der Waals surface area contributed by atoms with Gasteiger partial charge in [0.25, 0.3) is 0 Å². The van der Waals surface area contributed by atoms with Gasteiger partial charge in [0, 0.05) is 13.0 Å². The molecule has 6 heteroatoms. The van der Waals surface area contributed by atoms with E-state index in [0.717, 1.165) is 19.3 Å². The van der Waals surface area contributed by atoms with E-state index in [1.165, 1.54) is 4.90 Å². The third-order valence-electron chi connectivity index (χ3n) is 2.99. The highest BCUT2D eigenvalue weighted by Gasteiger charge is 2.25. The Morgan fingerprint density at radius 3 is 2.72 bits per heavy atom. The van der Waals surface area contributed by atoms with E-state index in [1.54, 1.807) is 0 Å². The van der Waals surface area contributed by atoms with E-state index in [-0.39, 0.29) is 12.5 Å². The van der Waals surface area contributed by atoms with Crippen LogP contribution in [0.5, 0.6) is 0 Å². The van der Waals surface area contributed by atoms with Gasteiger partial charge in [-0.05, 0) is 12.8 Å². The molecule has 0 unspecified atom stereocenters. The lowest BCUT2D eigenvalue weighted by atomic mass is 10.1. The van der Waals surface area contributed by atoms with Crippen LogP contribution in [0, 0.1) is 0 Å². The van der Waals surface area contributed by atoms with Crippen LogP contribution in [0.2, 0.25) is 0 Å². The molecule has 0 aromatic heterocycles. The third kappa shape index (κ3) is 4.35. The van der Waals surface area contributed by atoms with Crippen LogP contribution in [0.3, 0.4) is 0 Å². The molecular formula is C12H20N2O4. The first kappa shape index (κ1) is 14.5. The predicted molar refractivity (Wildman–Crippen MR) is 64.9 cm³/mol. The van der Waals surface area contributed by atoms with Gasteiger partial charge >= 0.3 is 5.97 Å². The summed E-state index contributed by atoms with van der Waals surface area (Å²) in [6, 6.07) is -0.852. The number of aliphatic carboxylic acids is 1. The van der Waals surface area contributed by atoms with Crippen molar-refractivity contribution in [2.45, 2.75) is 45.1 Å². The molecule has 1 atom stereocenters. The summed E-state index contributed by atoms with van der Waals surface area (Å²) in [4.78, 5) is 35.4. The molecule has 1 rings (SSSR count). The standard InChI is InChI=1S/C12H20N2O4/c1-2-3-5-9(12(17)18)13-10(15)8-14-7-4-6-11(14)16/h9H,2-8H2,1H3,(H,13,15)(H,17,18)/t9-/m0/s1. The van der Waals surface area contributed by atoms with Gasteiger partial charge in [0.05, 0.1) is 6.54 Å². The van der Waals surface area contributed by atoms with Gasteiger partial charge in [-0.1, -0.05) is 19.8 Å². The van der Waals surface area contributed by atoms with Gasteiger partial charge in [-0.3, -0.25) is 9.59 Å². The molecule has 0 radical (unpaired) electrons. The summed E-state index contributed by atoms with van der Waals surface area (Å²) in [5, 5.41) is 11.4. The molecule has 0 saturated carbocycles. The number of hydrogen-bond donors (Lipinski definition) is 2. The molecule has 2 amide bonds. The van der Waals surface area contributed by atoms with Crippen molar-refractivity contribution in [3.63, 3.8) is 0 Å². The number of carbonyl (C=O) groups is 3. The molecule has 1 saturated heterocycles. The number of nitrogens with zero attached hydrogens (tertiary/aromatic N) is 1. The van der Waals surface area contributed by atoms with Crippen LogP contribution in [0.25, 0.3) is 0 Å². The number of likely N-dealkylation sites (tertiary alicyclic amines) is 1. The van der Waals surface area contributed by atoms with Gasteiger partial charge in [0.2, 0.25) is 11.8 Å². The quantitative estimate of drug-likeness (QED) is 0.689.